The fraction of sp³-hybridized carbons (Fsp3) is 0.516. The molecule has 0 spiro atoms. The van der Waals surface area contributed by atoms with Crippen molar-refractivity contribution in [2.24, 2.45) is 0 Å². The second-order valence-corrected chi connectivity index (χ2v) is 12.1. The van der Waals surface area contributed by atoms with E-state index in [1.54, 1.807) is 27.7 Å². The molecule has 0 saturated carbocycles. The van der Waals surface area contributed by atoms with E-state index in [4.69, 9.17) is 0 Å². The van der Waals surface area contributed by atoms with Gasteiger partial charge in [0.05, 0.1) is 23.3 Å². The Kier molecular flexibility index (Phi) is 8.33. The van der Waals surface area contributed by atoms with Gasteiger partial charge in [0.1, 0.15) is 11.6 Å². The summed E-state index contributed by atoms with van der Waals surface area (Å²) in [5.41, 5.74) is 1.86. The molecule has 2 aromatic carbocycles. The van der Waals surface area contributed by atoms with E-state index < -0.39 is 23.3 Å². The summed E-state index contributed by atoms with van der Waals surface area (Å²) in [4.78, 5) is 39.4. The number of hydrogen-bond donors (Lipinski definition) is 4. The van der Waals surface area contributed by atoms with Crippen LogP contribution in [-0.4, -0.2) is 38.8 Å². The van der Waals surface area contributed by atoms with Gasteiger partial charge in [-0.1, -0.05) is 48.5 Å². The second kappa shape index (κ2) is 11.2. The molecule has 0 radical (unpaired) electrons. The molecule has 0 saturated heterocycles. The predicted octanol–water partition coefficient (Wildman–Crippen LogP) is 4.35. The van der Waals surface area contributed by atoms with Crippen LogP contribution in [0.15, 0.2) is 48.5 Å². The van der Waals surface area contributed by atoms with Gasteiger partial charge < -0.3 is 10.2 Å². The van der Waals surface area contributed by atoms with Crippen LogP contribution >= 0.6 is 0 Å². The Balaban J connectivity index is 1.49. The quantitative estimate of drug-likeness (QED) is 0.329. The number of fused-ring (bicyclic) bond motifs is 2. The van der Waals surface area contributed by atoms with E-state index in [1.807, 2.05) is 48.5 Å². The topological polar surface area (TPSA) is 116 Å². The molecule has 2 heterocycles. The monoisotopic (exact) mass is 520 g/mol. The number of carbonyl (C=O) groups is 3. The van der Waals surface area contributed by atoms with E-state index >= 15 is 0 Å². The Morgan fingerprint density at radius 1 is 0.658 bits per heavy atom. The minimum atomic E-state index is -0.900. The van der Waals surface area contributed by atoms with Crippen molar-refractivity contribution in [1.29, 1.82) is 0 Å². The number of rotatable bonds is 12. The zero-order valence-electron chi connectivity index (χ0n) is 22.8. The summed E-state index contributed by atoms with van der Waals surface area (Å²) in [6, 6.07) is 13.7. The fourth-order valence-corrected chi connectivity index (χ4v) is 5.47. The van der Waals surface area contributed by atoms with Crippen molar-refractivity contribution >= 4 is 17.3 Å². The standard InChI is InChI=1S/C31H40N2O5/c1-30(2,37)15-13-19(34)17-25-21-9-5-7-11-23(21)27(32-25)29(36)28-24-12-8-6-10-22(24)26(33-28)18-20(35)14-16-31(3,4)38/h5-12,25-28,32-33,37-38H,13-18H2,1-4H3. The molecule has 0 aromatic heterocycles. The average molecular weight is 521 g/mol. The Bertz CT molecular complexity index is 1100. The number of benzene rings is 2. The number of ketones is 3. The van der Waals surface area contributed by atoms with E-state index in [-0.39, 0.29) is 55.1 Å². The molecule has 2 aliphatic heterocycles. The van der Waals surface area contributed by atoms with Gasteiger partial charge in [-0.2, -0.15) is 0 Å². The Morgan fingerprint density at radius 3 is 1.34 bits per heavy atom. The lowest BCUT2D eigenvalue weighted by Crippen LogP contribution is -2.34. The third-order valence-corrected chi connectivity index (χ3v) is 7.56. The minimum absolute atomic E-state index is 0.0391. The number of nitrogens with one attached hydrogen (secondary N) is 2. The number of hydrogen-bond acceptors (Lipinski definition) is 7. The van der Waals surface area contributed by atoms with Gasteiger partial charge in [0.25, 0.3) is 0 Å². The van der Waals surface area contributed by atoms with E-state index in [1.165, 1.54) is 0 Å². The minimum Gasteiger partial charge on any atom is -0.390 e. The molecule has 2 aliphatic rings. The summed E-state index contributed by atoms with van der Waals surface area (Å²) in [6.07, 6.45) is 1.85. The Morgan fingerprint density at radius 2 is 1.00 bits per heavy atom. The van der Waals surface area contributed by atoms with E-state index in [0.717, 1.165) is 22.3 Å². The van der Waals surface area contributed by atoms with Crippen LogP contribution < -0.4 is 10.6 Å². The highest BCUT2D eigenvalue weighted by atomic mass is 16.3. The molecule has 0 amide bonds. The first-order valence-corrected chi connectivity index (χ1v) is 13.5. The lowest BCUT2D eigenvalue weighted by Gasteiger charge is -2.20. The van der Waals surface area contributed by atoms with Gasteiger partial charge >= 0.3 is 0 Å². The largest absolute Gasteiger partial charge is 0.390 e. The van der Waals surface area contributed by atoms with Crippen molar-refractivity contribution in [1.82, 2.24) is 10.6 Å². The molecule has 4 atom stereocenters. The molecule has 0 aliphatic carbocycles. The number of carbonyl (C=O) groups excluding carboxylic acids is 3. The zero-order valence-corrected chi connectivity index (χ0v) is 22.8. The van der Waals surface area contributed by atoms with Crippen LogP contribution in [0, 0.1) is 0 Å². The van der Waals surface area contributed by atoms with E-state index in [2.05, 4.69) is 10.6 Å². The third kappa shape index (κ3) is 6.83. The molecule has 4 unspecified atom stereocenters. The summed E-state index contributed by atoms with van der Waals surface area (Å²) >= 11 is 0. The highest BCUT2D eigenvalue weighted by Gasteiger charge is 2.42. The Hall–Kier alpha value is -2.71. The van der Waals surface area contributed by atoms with Crippen LogP contribution in [0.25, 0.3) is 0 Å². The highest BCUT2D eigenvalue weighted by molar-refractivity contribution is 5.93. The molecule has 204 valence electrons. The van der Waals surface area contributed by atoms with Gasteiger partial charge in [-0.3, -0.25) is 25.0 Å². The smallest absolute Gasteiger partial charge is 0.175 e. The molecular weight excluding hydrogens is 480 g/mol. The first-order chi connectivity index (χ1) is 17.8. The first-order valence-electron chi connectivity index (χ1n) is 13.5. The number of aliphatic hydroxyl groups is 2. The number of Topliss-reactive ketones (excluding diaryl/α,β-unsaturated/α-hetero) is 3. The van der Waals surface area contributed by atoms with Crippen LogP contribution in [0.1, 0.15) is 113 Å². The van der Waals surface area contributed by atoms with Crippen molar-refractivity contribution < 1.29 is 24.6 Å². The molecule has 4 rings (SSSR count). The van der Waals surface area contributed by atoms with E-state index in [0.29, 0.717) is 12.8 Å². The van der Waals surface area contributed by atoms with Crippen LogP contribution in [0.2, 0.25) is 0 Å². The Labute approximate surface area is 225 Å². The van der Waals surface area contributed by atoms with Crippen molar-refractivity contribution in [2.75, 3.05) is 0 Å². The normalized spacial score (nSPS) is 22.7. The molecule has 0 fully saturated rings. The van der Waals surface area contributed by atoms with Crippen molar-refractivity contribution in [3.8, 4) is 0 Å². The summed E-state index contributed by atoms with van der Waals surface area (Å²) in [5, 5.41) is 26.8. The molecule has 38 heavy (non-hydrogen) atoms. The highest BCUT2D eigenvalue weighted by Crippen LogP contribution is 2.42. The van der Waals surface area contributed by atoms with Gasteiger partial charge in [0.15, 0.2) is 5.78 Å². The van der Waals surface area contributed by atoms with Gasteiger partial charge in [-0.05, 0) is 62.8 Å². The molecule has 0 bridgehead atoms. The van der Waals surface area contributed by atoms with Crippen LogP contribution in [0.3, 0.4) is 0 Å². The maximum absolute atomic E-state index is 14.0. The second-order valence-electron chi connectivity index (χ2n) is 12.1. The maximum atomic E-state index is 14.0. The maximum Gasteiger partial charge on any atom is 0.175 e. The molecule has 4 N–H and O–H groups in total. The SMILES string of the molecule is CC(C)(O)CCC(=O)CC1NC(C(=O)C2NC(CC(=O)CCC(C)(C)O)c3ccccc32)c2ccccc21. The van der Waals surface area contributed by atoms with Crippen LogP contribution in [0.5, 0.6) is 0 Å². The first kappa shape index (κ1) is 28.3. The predicted molar refractivity (Wildman–Crippen MR) is 145 cm³/mol. The molecule has 2 aromatic rings. The molecule has 7 nitrogen and oxygen atoms in total. The van der Waals surface area contributed by atoms with Crippen molar-refractivity contribution in [3.63, 3.8) is 0 Å². The van der Waals surface area contributed by atoms with Crippen LogP contribution in [0.4, 0.5) is 0 Å². The average Bonchev–Trinajstić information content (AvgIpc) is 3.39. The zero-order chi connectivity index (χ0) is 27.7. The van der Waals surface area contributed by atoms with Crippen LogP contribution in [-0.2, 0) is 14.4 Å². The van der Waals surface area contributed by atoms with Gasteiger partial charge in [-0.15, -0.1) is 0 Å². The summed E-state index contributed by atoms with van der Waals surface area (Å²) in [6.45, 7) is 6.77. The van der Waals surface area contributed by atoms with Gasteiger partial charge in [0, 0.05) is 37.8 Å². The van der Waals surface area contributed by atoms with Gasteiger partial charge in [0.2, 0.25) is 0 Å². The fourth-order valence-electron chi connectivity index (χ4n) is 5.47. The van der Waals surface area contributed by atoms with Gasteiger partial charge in [-0.25, -0.2) is 0 Å². The summed E-state index contributed by atoms with van der Waals surface area (Å²) in [5.74, 6) is 0.0470. The van der Waals surface area contributed by atoms with E-state index in [9.17, 15) is 24.6 Å². The molecular formula is C31H40N2O5. The lowest BCUT2D eigenvalue weighted by molar-refractivity contribution is -0.125. The third-order valence-electron chi connectivity index (χ3n) is 7.56. The lowest BCUT2D eigenvalue weighted by atomic mass is 9.92. The van der Waals surface area contributed by atoms with Crippen molar-refractivity contribution in [3.05, 3.63) is 70.8 Å². The molecule has 7 heteroatoms. The summed E-state index contributed by atoms with van der Waals surface area (Å²) < 4.78 is 0. The summed E-state index contributed by atoms with van der Waals surface area (Å²) in [7, 11) is 0. The van der Waals surface area contributed by atoms with Crippen molar-refractivity contribution in [2.45, 2.75) is 102 Å².